The van der Waals surface area contributed by atoms with Gasteiger partial charge >= 0.3 is 6.09 Å². The monoisotopic (exact) mass is 410 g/mol. The van der Waals surface area contributed by atoms with E-state index in [4.69, 9.17) is 22.1 Å². The van der Waals surface area contributed by atoms with E-state index in [2.05, 4.69) is 10.3 Å². The van der Waals surface area contributed by atoms with Gasteiger partial charge in [0.25, 0.3) is 5.91 Å². The van der Waals surface area contributed by atoms with Crippen molar-refractivity contribution in [2.24, 2.45) is 0 Å². The molecule has 0 radical (unpaired) electrons. The van der Waals surface area contributed by atoms with E-state index in [9.17, 15) is 9.59 Å². The first-order valence-electron chi connectivity index (χ1n) is 8.70. The Kier molecular flexibility index (Phi) is 6.31. The van der Waals surface area contributed by atoms with Gasteiger partial charge in [-0.15, -0.1) is 0 Å². The summed E-state index contributed by atoms with van der Waals surface area (Å²) in [7, 11) is 1.29. The Morgan fingerprint density at radius 3 is 2.48 bits per heavy atom. The maximum absolute atomic E-state index is 12.4. The van der Waals surface area contributed by atoms with Crippen LogP contribution in [0.5, 0.6) is 0 Å². The largest absolute Gasteiger partial charge is 0.452 e. The summed E-state index contributed by atoms with van der Waals surface area (Å²) < 4.78 is 4.86. The molecule has 1 heterocycles. The first-order valence-corrected chi connectivity index (χ1v) is 9.08. The predicted octanol–water partition coefficient (Wildman–Crippen LogP) is 4.34. The highest BCUT2D eigenvalue weighted by Gasteiger charge is 2.20. The highest BCUT2D eigenvalue weighted by atomic mass is 35.5. The zero-order chi connectivity index (χ0) is 20.8. The van der Waals surface area contributed by atoms with E-state index in [1.165, 1.54) is 18.2 Å². The number of amides is 2. The fourth-order valence-electron chi connectivity index (χ4n) is 2.69. The number of rotatable bonds is 5. The van der Waals surface area contributed by atoms with Gasteiger partial charge < -0.3 is 15.8 Å². The lowest BCUT2D eigenvalue weighted by Crippen LogP contribution is -2.30. The molecule has 0 unspecified atom stereocenters. The van der Waals surface area contributed by atoms with Crippen molar-refractivity contribution >= 4 is 40.7 Å². The number of halogens is 1. The van der Waals surface area contributed by atoms with Gasteiger partial charge in [0.05, 0.1) is 30.7 Å². The second-order valence-electron chi connectivity index (χ2n) is 6.11. The summed E-state index contributed by atoms with van der Waals surface area (Å²) in [5.74, 6) is -0.283. The van der Waals surface area contributed by atoms with Crippen molar-refractivity contribution < 1.29 is 14.3 Å². The molecule has 1 aromatic heterocycles. The minimum Gasteiger partial charge on any atom is -0.452 e. The molecule has 2 aromatic carbocycles. The highest BCUT2D eigenvalue weighted by Crippen LogP contribution is 2.25. The van der Waals surface area contributed by atoms with Crippen LogP contribution in [-0.2, 0) is 11.3 Å². The summed E-state index contributed by atoms with van der Waals surface area (Å²) >= 11 is 6.12. The third-order valence-electron chi connectivity index (χ3n) is 4.19. The molecule has 0 aliphatic carbocycles. The van der Waals surface area contributed by atoms with Crippen LogP contribution >= 0.6 is 11.6 Å². The Morgan fingerprint density at radius 2 is 1.83 bits per heavy atom. The molecule has 0 spiro atoms. The van der Waals surface area contributed by atoms with Crippen molar-refractivity contribution in [2.75, 3.05) is 23.1 Å². The first kappa shape index (κ1) is 20.2. The number of carbonyl (C=O) groups excluding carboxylic acids is 2. The number of hydrogen-bond donors (Lipinski definition) is 2. The summed E-state index contributed by atoms with van der Waals surface area (Å²) in [4.78, 5) is 30.0. The number of nitrogens with one attached hydrogen (secondary N) is 1. The molecule has 29 heavy (non-hydrogen) atoms. The number of nitrogens with two attached hydrogens (primary N) is 1. The Bertz CT molecular complexity index is 1020. The van der Waals surface area contributed by atoms with Crippen molar-refractivity contribution in [3.63, 3.8) is 0 Å². The van der Waals surface area contributed by atoms with Crippen LogP contribution in [0.15, 0.2) is 66.9 Å². The second kappa shape index (κ2) is 9.07. The number of anilines is 3. The van der Waals surface area contributed by atoms with Crippen molar-refractivity contribution in [3.05, 3.63) is 83.1 Å². The summed E-state index contributed by atoms with van der Waals surface area (Å²) in [5, 5.41) is 2.96. The molecule has 3 N–H and O–H groups in total. The Labute approximate surface area is 173 Å². The van der Waals surface area contributed by atoms with Crippen molar-refractivity contribution in [1.82, 2.24) is 4.98 Å². The van der Waals surface area contributed by atoms with Crippen LogP contribution in [0.4, 0.5) is 21.9 Å². The number of para-hydroxylation sites is 2. The van der Waals surface area contributed by atoms with Crippen LogP contribution in [0.2, 0.25) is 5.15 Å². The standard InChI is InChI=1S/C21H19ClN4O3/c1-29-21(28)26(18-7-4-12-24-19(18)22)13-14-8-10-15(11-9-14)20(27)25-17-6-3-2-5-16(17)23/h2-12H,13,23H2,1H3,(H,25,27). The van der Waals surface area contributed by atoms with Gasteiger partial charge in [-0.3, -0.25) is 9.69 Å². The molecule has 0 fully saturated rings. The number of carbonyl (C=O) groups is 2. The summed E-state index contributed by atoms with van der Waals surface area (Å²) in [6, 6.07) is 17.2. The maximum atomic E-state index is 12.4. The molecule has 0 saturated heterocycles. The van der Waals surface area contributed by atoms with Gasteiger partial charge in [0.2, 0.25) is 0 Å². The molecule has 3 aromatic rings. The van der Waals surface area contributed by atoms with Crippen molar-refractivity contribution in [1.29, 1.82) is 0 Å². The quantitative estimate of drug-likeness (QED) is 0.481. The zero-order valence-corrected chi connectivity index (χ0v) is 16.4. The van der Waals surface area contributed by atoms with E-state index in [0.717, 1.165) is 5.56 Å². The average molecular weight is 411 g/mol. The molecule has 8 heteroatoms. The van der Waals surface area contributed by atoms with E-state index in [0.29, 0.717) is 22.6 Å². The van der Waals surface area contributed by atoms with Crippen molar-refractivity contribution in [3.8, 4) is 0 Å². The zero-order valence-electron chi connectivity index (χ0n) is 15.6. The van der Waals surface area contributed by atoms with E-state index < -0.39 is 6.09 Å². The molecule has 0 saturated carbocycles. The molecule has 2 amide bonds. The molecule has 148 valence electrons. The van der Waals surface area contributed by atoms with E-state index in [1.807, 2.05) is 0 Å². The molecule has 7 nitrogen and oxygen atoms in total. The van der Waals surface area contributed by atoms with Crippen LogP contribution in [0.25, 0.3) is 0 Å². The lowest BCUT2D eigenvalue weighted by atomic mass is 10.1. The van der Waals surface area contributed by atoms with Crippen molar-refractivity contribution in [2.45, 2.75) is 6.54 Å². The first-order chi connectivity index (χ1) is 14.0. The number of methoxy groups -OCH3 is 1. The van der Waals surface area contributed by atoms with Gasteiger partial charge in [-0.2, -0.15) is 0 Å². The molecule has 0 bridgehead atoms. The van der Waals surface area contributed by atoms with E-state index in [1.54, 1.807) is 60.7 Å². The van der Waals surface area contributed by atoms with Gasteiger partial charge in [0.15, 0.2) is 5.15 Å². The van der Waals surface area contributed by atoms with Crippen LogP contribution < -0.4 is 16.0 Å². The summed E-state index contributed by atoms with van der Waals surface area (Å²) in [6.07, 6.45) is 0.968. The smallest absolute Gasteiger partial charge is 0.414 e. The van der Waals surface area contributed by atoms with Crippen LogP contribution in [-0.4, -0.2) is 24.1 Å². The molecule has 0 aliphatic heterocycles. The Balaban J connectivity index is 1.76. The summed E-state index contributed by atoms with van der Waals surface area (Å²) in [5.41, 5.74) is 8.56. The number of pyridine rings is 1. The topological polar surface area (TPSA) is 97.5 Å². The molecule has 0 atom stereocenters. The SMILES string of the molecule is COC(=O)N(Cc1ccc(C(=O)Nc2ccccc2N)cc1)c1cccnc1Cl. The molecular weight excluding hydrogens is 392 g/mol. The average Bonchev–Trinajstić information content (AvgIpc) is 2.74. The molecule has 3 rings (SSSR count). The third-order valence-corrected chi connectivity index (χ3v) is 4.48. The number of hydrogen-bond acceptors (Lipinski definition) is 5. The number of aromatic nitrogens is 1. The lowest BCUT2D eigenvalue weighted by molar-refractivity contribution is 0.102. The second-order valence-corrected chi connectivity index (χ2v) is 6.47. The van der Waals surface area contributed by atoms with Gasteiger partial charge in [-0.25, -0.2) is 9.78 Å². The summed E-state index contributed by atoms with van der Waals surface area (Å²) in [6.45, 7) is 0.200. The Hall–Kier alpha value is -3.58. The highest BCUT2D eigenvalue weighted by molar-refractivity contribution is 6.32. The fourth-order valence-corrected chi connectivity index (χ4v) is 2.91. The predicted molar refractivity (Wildman–Crippen MR) is 113 cm³/mol. The minimum absolute atomic E-state index is 0.189. The van der Waals surface area contributed by atoms with Gasteiger partial charge in [-0.1, -0.05) is 35.9 Å². The third kappa shape index (κ3) is 4.83. The normalized spacial score (nSPS) is 10.3. The maximum Gasteiger partial charge on any atom is 0.414 e. The lowest BCUT2D eigenvalue weighted by Gasteiger charge is -2.22. The van der Waals surface area contributed by atoms with Gasteiger partial charge in [-0.05, 0) is 42.0 Å². The molecule has 0 aliphatic rings. The number of nitrogens with zero attached hydrogens (tertiary/aromatic N) is 2. The van der Waals surface area contributed by atoms with Gasteiger partial charge in [0, 0.05) is 11.8 Å². The van der Waals surface area contributed by atoms with Crippen LogP contribution in [0.1, 0.15) is 15.9 Å². The number of ether oxygens (including phenoxy) is 1. The van der Waals surface area contributed by atoms with Crippen LogP contribution in [0.3, 0.4) is 0 Å². The van der Waals surface area contributed by atoms with E-state index in [-0.39, 0.29) is 17.6 Å². The Morgan fingerprint density at radius 1 is 1.10 bits per heavy atom. The minimum atomic E-state index is -0.568. The molecular formula is C21H19ClN4O3. The fraction of sp³-hybridized carbons (Fsp3) is 0.0952. The van der Waals surface area contributed by atoms with Gasteiger partial charge in [0.1, 0.15) is 0 Å². The van der Waals surface area contributed by atoms with E-state index >= 15 is 0 Å². The van der Waals surface area contributed by atoms with Crippen LogP contribution in [0, 0.1) is 0 Å². The number of benzene rings is 2. The number of nitrogen functional groups attached to an aromatic ring is 1.